The molecule has 1 unspecified atom stereocenters. The van der Waals surface area contributed by atoms with Crippen LogP contribution in [-0.2, 0) is 0 Å². The Morgan fingerprint density at radius 1 is 1.47 bits per heavy atom. The second-order valence-corrected chi connectivity index (χ2v) is 4.69. The van der Waals surface area contributed by atoms with E-state index in [1.165, 1.54) is 12.8 Å². The summed E-state index contributed by atoms with van der Waals surface area (Å²) in [6.07, 6.45) is 5.35. The second kappa shape index (κ2) is 4.00. The van der Waals surface area contributed by atoms with E-state index in [0.717, 1.165) is 18.8 Å². The largest absolute Gasteiger partial charge is 0.297 e. The van der Waals surface area contributed by atoms with Gasteiger partial charge in [0, 0.05) is 18.3 Å². The number of rotatable bonds is 1. The lowest BCUT2D eigenvalue weighted by atomic mass is 10.0. The first-order valence-electron chi connectivity index (χ1n) is 6.02. The summed E-state index contributed by atoms with van der Waals surface area (Å²) in [4.78, 5) is 18.1. The molecule has 0 spiro atoms. The number of aromatic nitrogens is 3. The Labute approximate surface area is 99.1 Å². The van der Waals surface area contributed by atoms with Gasteiger partial charge in [-0.05, 0) is 26.4 Å². The van der Waals surface area contributed by atoms with Crippen LogP contribution in [0.1, 0.15) is 31.1 Å². The van der Waals surface area contributed by atoms with Gasteiger partial charge in [-0.15, -0.1) is 0 Å². The zero-order valence-electron chi connectivity index (χ0n) is 9.89. The predicted molar refractivity (Wildman–Crippen MR) is 65.0 cm³/mol. The maximum absolute atomic E-state index is 11.3. The van der Waals surface area contributed by atoms with Gasteiger partial charge in [-0.3, -0.25) is 14.8 Å². The maximum Gasteiger partial charge on any atom is 0.183 e. The highest BCUT2D eigenvalue weighted by atomic mass is 16.1. The first-order chi connectivity index (χ1) is 8.24. The van der Waals surface area contributed by atoms with Gasteiger partial charge < -0.3 is 0 Å². The van der Waals surface area contributed by atoms with Crippen molar-refractivity contribution in [2.24, 2.45) is 0 Å². The van der Waals surface area contributed by atoms with E-state index in [0.29, 0.717) is 11.7 Å². The zero-order chi connectivity index (χ0) is 11.8. The normalized spacial score (nSPS) is 22.1. The van der Waals surface area contributed by atoms with E-state index in [-0.39, 0.29) is 5.43 Å². The first-order valence-corrected chi connectivity index (χ1v) is 6.02. The van der Waals surface area contributed by atoms with Crippen molar-refractivity contribution in [3.63, 3.8) is 0 Å². The lowest BCUT2D eigenvalue weighted by molar-refractivity contribution is 0.179. The SMILES string of the molecule is CN1CCCCC1c1nc2cc(=O)ccn2[nH]1. The highest BCUT2D eigenvalue weighted by molar-refractivity contribution is 5.36. The minimum Gasteiger partial charge on any atom is -0.297 e. The number of H-pyrrole nitrogens is 1. The number of fused-ring (bicyclic) bond motifs is 1. The van der Waals surface area contributed by atoms with Crippen LogP contribution in [-0.4, -0.2) is 33.1 Å². The van der Waals surface area contributed by atoms with Crippen LogP contribution in [0.2, 0.25) is 0 Å². The molecule has 0 aromatic carbocycles. The third-order valence-electron chi connectivity index (χ3n) is 3.46. The lowest BCUT2D eigenvalue weighted by Crippen LogP contribution is -2.30. The van der Waals surface area contributed by atoms with Gasteiger partial charge in [0.2, 0.25) is 0 Å². The molecule has 1 atom stereocenters. The molecule has 17 heavy (non-hydrogen) atoms. The average Bonchev–Trinajstić information content (AvgIpc) is 2.72. The van der Waals surface area contributed by atoms with E-state index in [4.69, 9.17) is 0 Å². The van der Waals surface area contributed by atoms with Crippen molar-refractivity contribution in [2.75, 3.05) is 13.6 Å². The third kappa shape index (κ3) is 1.86. The van der Waals surface area contributed by atoms with E-state index in [2.05, 4.69) is 22.0 Å². The molecular weight excluding hydrogens is 216 g/mol. The molecule has 0 radical (unpaired) electrons. The van der Waals surface area contributed by atoms with Gasteiger partial charge in [0.25, 0.3) is 0 Å². The summed E-state index contributed by atoms with van der Waals surface area (Å²) in [6.45, 7) is 1.11. The minimum absolute atomic E-state index is 0.0000451. The van der Waals surface area contributed by atoms with Gasteiger partial charge in [-0.25, -0.2) is 9.50 Å². The molecule has 0 aliphatic carbocycles. The van der Waals surface area contributed by atoms with Gasteiger partial charge in [0.1, 0.15) is 5.82 Å². The quantitative estimate of drug-likeness (QED) is 0.803. The van der Waals surface area contributed by atoms with Gasteiger partial charge in [0.05, 0.1) is 6.04 Å². The van der Waals surface area contributed by atoms with Crippen molar-refractivity contribution in [3.05, 3.63) is 34.4 Å². The van der Waals surface area contributed by atoms with E-state index in [9.17, 15) is 4.79 Å². The Morgan fingerprint density at radius 3 is 3.18 bits per heavy atom. The molecule has 90 valence electrons. The maximum atomic E-state index is 11.3. The molecule has 1 saturated heterocycles. The summed E-state index contributed by atoms with van der Waals surface area (Å²) < 4.78 is 1.80. The van der Waals surface area contributed by atoms with Crippen molar-refractivity contribution in [1.29, 1.82) is 0 Å². The second-order valence-electron chi connectivity index (χ2n) is 4.69. The Hall–Kier alpha value is -1.62. The molecule has 2 aromatic rings. The van der Waals surface area contributed by atoms with Crippen LogP contribution in [0.4, 0.5) is 0 Å². The molecule has 0 amide bonds. The van der Waals surface area contributed by atoms with Crippen LogP contribution >= 0.6 is 0 Å². The van der Waals surface area contributed by atoms with Crippen LogP contribution < -0.4 is 5.43 Å². The molecule has 1 aliphatic rings. The highest BCUT2D eigenvalue weighted by Crippen LogP contribution is 2.27. The zero-order valence-corrected chi connectivity index (χ0v) is 9.89. The Bertz CT molecular complexity index is 585. The molecular formula is C12H16N4O. The van der Waals surface area contributed by atoms with E-state index in [1.807, 2.05) is 0 Å². The highest BCUT2D eigenvalue weighted by Gasteiger charge is 2.23. The number of nitrogens with zero attached hydrogens (tertiary/aromatic N) is 3. The molecule has 1 fully saturated rings. The molecule has 5 heteroatoms. The van der Waals surface area contributed by atoms with Gasteiger partial charge in [-0.2, -0.15) is 0 Å². The number of likely N-dealkylation sites (tertiary alicyclic amines) is 1. The fourth-order valence-electron chi connectivity index (χ4n) is 2.49. The smallest absolute Gasteiger partial charge is 0.183 e. The molecule has 3 heterocycles. The van der Waals surface area contributed by atoms with E-state index < -0.39 is 0 Å². The van der Waals surface area contributed by atoms with Crippen molar-refractivity contribution in [3.8, 4) is 0 Å². The minimum atomic E-state index is 0.0000451. The summed E-state index contributed by atoms with van der Waals surface area (Å²) in [5.74, 6) is 0.956. The number of pyridine rings is 1. The van der Waals surface area contributed by atoms with Gasteiger partial charge >= 0.3 is 0 Å². The van der Waals surface area contributed by atoms with Crippen molar-refractivity contribution >= 4 is 5.65 Å². The van der Waals surface area contributed by atoms with Crippen molar-refractivity contribution in [2.45, 2.75) is 25.3 Å². The number of hydrogen-bond donors (Lipinski definition) is 1. The van der Waals surface area contributed by atoms with Crippen molar-refractivity contribution in [1.82, 2.24) is 19.5 Å². The van der Waals surface area contributed by atoms with Gasteiger partial charge in [0.15, 0.2) is 11.1 Å². The summed E-state index contributed by atoms with van der Waals surface area (Å²) in [7, 11) is 2.13. The van der Waals surface area contributed by atoms with Crippen LogP contribution in [0.15, 0.2) is 23.1 Å². The number of aromatic amines is 1. The molecule has 5 nitrogen and oxygen atoms in total. The fraction of sp³-hybridized carbons (Fsp3) is 0.500. The first kappa shape index (κ1) is 10.5. The number of hydrogen-bond acceptors (Lipinski definition) is 3. The topological polar surface area (TPSA) is 53.4 Å². The Morgan fingerprint density at radius 2 is 2.35 bits per heavy atom. The van der Waals surface area contributed by atoms with Crippen LogP contribution in [0.3, 0.4) is 0 Å². The molecule has 1 aliphatic heterocycles. The molecule has 0 bridgehead atoms. The summed E-state index contributed by atoms with van der Waals surface area (Å²) >= 11 is 0. The average molecular weight is 232 g/mol. The lowest BCUT2D eigenvalue weighted by Gasteiger charge is -2.30. The summed E-state index contributed by atoms with van der Waals surface area (Å²) in [6, 6.07) is 3.45. The van der Waals surface area contributed by atoms with Crippen LogP contribution in [0, 0.1) is 0 Å². The van der Waals surface area contributed by atoms with E-state index >= 15 is 0 Å². The van der Waals surface area contributed by atoms with Crippen LogP contribution in [0.25, 0.3) is 5.65 Å². The van der Waals surface area contributed by atoms with Crippen LogP contribution in [0.5, 0.6) is 0 Å². The Balaban J connectivity index is 2.02. The Kier molecular flexibility index (Phi) is 2.48. The molecule has 0 saturated carbocycles. The number of piperidine rings is 1. The van der Waals surface area contributed by atoms with E-state index in [1.54, 1.807) is 22.8 Å². The molecule has 2 aromatic heterocycles. The predicted octanol–water partition coefficient (Wildman–Crippen LogP) is 1.18. The molecule has 1 N–H and O–H groups in total. The fourth-order valence-corrected chi connectivity index (χ4v) is 2.49. The summed E-state index contributed by atoms with van der Waals surface area (Å²) in [5.41, 5.74) is 0.700. The molecule has 3 rings (SSSR count). The van der Waals surface area contributed by atoms with Gasteiger partial charge in [-0.1, -0.05) is 6.42 Å². The van der Waals surface area contributed by atoms with Crippen molar-refractivity contribution < 1.29 is 0 Å². The monoisotopic (exact) mass is 232 g/mol. The summed E-state index contributed by atoms with van der Waals surface area (Å²) in [5, 5.41) is 3.25. The standard InChI is InChI=1S/C12H16N4O/c1-15-6-3-2-4-10(15)12-13-11-8-9(17)5-7-16(11)14-12/h5,7-8,10H,2-4,6H2,1H3,(H,13,14). The third-order valence-corrected chi connectivity index (χ3v) is 3.46. The number of nitrogens with one attached hydrogen (secondary N) is 1.